The van der Waals surface area contributed by atoms with E-state index in [1.54, 1.807) is 14.2 Å². The summed E-state index contributed by atoms with van der Waals surface area (Å²) in [6, 6.07) is 11.7. The van der Waals surface area contributed by atoms with Crippen molar-refractivity contribution in [2.24, 2.45) is 0 Å². The lowest BCUT2D eigenvalue weighted by Crippen LogP contribution is -2.18. The highest BCUT2D eigenvalue weighted by Gasteiger charge is 2.20. The van der Waals surface area contributed by atoms with E-state index in [0.29, 0.717) is 0 Å². The van der Waals surface area contributed by atoms with Gasteiger partial charge in [-0.05, 0) is 52.8 Å². The van der Waals surface area contributed by atoms with Crippen LogP contribution in [0.1, 0.15) is 17.2 Å². The number of methoxy groups -OCH3 is 2. The maximum Gasteiger partial charge on any atom is 0.141 e. The van der Waals surface area contributed by atoms with Gasteiger partial charge in [-0.25, -0.2) is 0 Å². The van der Waals surface area contributed by atoms with Crippen LogP contribution in [-0.4, -0.2) is 21.3 Å². The van der Waals surface area contributed by atoms with Crippen molar-refractivity contribution in [3.05, 3.63) is 57.0 Å². The first-order valence-electron chi connectivity index (χ1n) is 6.45. The monoisotopic (exact) mass is 369 g/mol. The summed E-state index contributed by atoms with van der Waals surface area (Å²) in [5, 5.41) is 4.03. The van der Waals surface area contributed by atoms with Gasteiger partial charge in [0.05, 0.1) is 20.3 Å². The Kier molecular flexibility index (Phi) is 5.51. The average Bonchev–Trinajstić information content (AvgIpc) is 2.50. The predicted molar refractivity (Wildman–Crippen MR) is 89.6 cm³/mol. The molecular formula is C16H17BrClNO2. The summed E-state index contributed by atoms with van der Waals surface area (Å²) in [5.41, 5.74) is 2.13. The number of hydrogen-bond donors (Lipinski definition) is 1. The molecule has 0 aliphatic carbocycles. The smallest absolute Gasteiger partial charge is 0.141 e. The number of halogens is 2. The third-order valence-electron chi connectivity index (χ3n) is 3.32. The molecule has 1 atom stereocenters. The van der Waals surface area contributed by atoms with Gasteiger partial charge in [-0.15, -0.1) is 0 Å². The fourth-order valence-corrected chi connectivity index (χ4v) is 3.11. The van der Waals surface area contributed by atoms with Crippen molar-refractivity contribution in [1.82, 2.24) is 5.32 Å². The second-order valence-corrected chi connectivity index (χ2v) is 5.71. The third kappa shape index (κ3) is 3.34. The first kappa shape index (κ1) is 16.1. The lowest BCUT2D eigenvalue weighted by Gasteiger charge is -2.21. The van der Waals surface area contributed by atoms with Crippen LogP contribution < -0.4 is 14.8 Å². The van der Waals surface area contributed by atoms with Crippen LogP contribution in [0.25, 0.3) is 0 Å². The highest BCUT2D eigenvalue weighted by atomic mass is 79.9. The van der Waals surface area contributed by atoms with E-state index >= 15 is 0 Å². The highest BCUT2D eigenvalue weighted by molar-refractivity contribution is 9.10. The van der Waals surface area contributed by atoms with Gasteiger partial charge in [-0.2, -0.15) is 0 Å². The molecule has 0 fully saturated rings. The summed E-state index contributed by atoms with van der Waals surface area (Å²) in [4.78, 5) is 0. The highest BCUT2D eigenvalue weighted by Crippen LogP contribution is 2.41. The summed E-state index contributed by atoms with van der Waals surface area (Å²) < 4.78 is 11.7. The molecule has 0 bridgehead atoms. The van der Waals surface area contributed by atoms with Gasteiger partial charge < -0.3 is 14.8 Å². The van der Waals surface area contributed by atoms with E-state index in [-0.39, 0.29) is 6.04 Å². The summed E-state index contributed by atoms with van der Waals surface area (Å²) in [7, 11) is 5.20. The van der Waals surface area contributed by atoms with Crippen LogP contribution in [0.5, 0.6) is 11.5 Å². The molecule has 0 amide bonds. The molecule has 1 unspecified atom stereocenters. The Morgan fingerprint density at radius 1 is 1.05 bits per heavy atom. The van der Waals surface area contributed by atoms with Crippen LogP contribution in [0.2, 0.25) is 5.02 Å². The molecule has 2 rings (SSSR count). The summed E-state index contributed by atoms with van der Waals surface area (Å²) in [6.45, 7) is 0. The standard InChI is InChI=1S/C16H17BrClNO2/c1-19-15(10-4-6-11(18)7-5-10)12-8-9-13(20-2)14(17)16(12)21-3/h4-9,15,19H,1-3H3. The summed E-state index contributed by atoms with van der Waals surface area (Å²) >= 11 is 9.50. The maximum atomic E-state index is 5.96. The molecular weight excluding hydrogens is 354 g/mol. The van der Waals surface area contributed by atoms with Crippen LogP contribution >= 0.6 is 27.5 Å². The van der Waals surface area contributed by atoms with Crippen molar-refractivity contribution in [2.75, 3.05) is 21.3 Å². The van der Waals surface area contributed by atoms with Crippen molar-refractivity contribution < 1.29 is 9.47 Å². The number of benzene rings is 2. The normalized spacial score (nSPS) is 12.0. The zero-order valence-corrected chi connectivity index (χ0v) is 14.5. The van der Waals surface area contributed by atoms with Crippen LogP contribution in [0.3, 0.4) is 0 Å². The zero-order valence-electron chi connectivity index (χ0n) is 12.1. The first-order chi connectivity index (χ1) is 10.1. The fourth-order valence-electron chi connectivity index (χ4n) is 2.30. The summed E-state index contributed by atoms with van der Waals surface area (Å²) in [5.74, 6) is 1.49. The van der Waals surface area contributed by atoms with Gasteiger partial charge in [-0.1, -0.05) is 23.7 Å². The van der Waals surface area contributed by atoms with Crippen LogP contribution in [0, 0.1) is 0 Å². The lowest BCUT2D eigenvalue weighted by molar-refractivity contribution is 0.383. The molecule has 0 heterocycles. The van der Waals surface area contributed by atoms with Gasteiger partial charge in [0.1, 0.15) is 16.0 Å². The van der Waals surface area contributed by atoms with Crippen molar-refractivity contribution >= 4 is 27.5 Å². The Hall–Kier alpha value is -1.23. The zero-order chi connectivity index (χ0) is 15.4. The minimum Gasteiger partial charge on any atom is -0.495 e. The molecule has 0 aliphatic rings. The molecule has 2 aromatic rings. The molecule has 0 aliphatic heterocycles. The average molecular weight is 371 g/mol. The van der Waals surface area contributed by atoms with Gasteiger partial charge in [0.2, 0.25) is 0 Å². The largest absolute Gasteiger partial charge is 0.495 e. The Balaban J connectivity index is 2.52. The number of ether oxygens (including phenoxy) is 2. The Morgan fingerprint density at radius 2 is 1.71 bits per heavy atom. The van der Waals surface area contributed by atoms with Gasteiger partial charge in [0, 0.05) is 10.6 Å². The SMILES string of the molecule is CNC(c1ccc(Cl)cc1)c1ccc(OC)c(Br)c1OC. The van der Waals surface area contributed by atoms with E-state index < -0.39 is 0 Å². The molecule has 3 nitrogen and oxygen atoms in total. The Labute approximate surface area is 138 Å². The number of nitrogens with one attached hydrogen (secondary N) is 1. The second kappa shape index (κ2) is 7.16. The van der Waals surface area contributed by atoms with Crippen LogP contribution in [0.4, 0.5) is 0 Å². The van der Waals surface area contributed by atoms with Crippen molar-refractivity contribution in [3.8, 4) is 11.5 Å². The molecule has 112 valence electrons. The predicted octanol–water partition coefficient (Wildman–Crippen LogP) is 4.43. The summed E-state index contributed by atoms with van der Waals surface area (Å²) in [6.07, 6.45) is 0. The number of rotatable bonds is 5. The fraction of sp³-hybridized carbons (Fsp3) is 0.250. The Bertz CT molecular complexity index is 616. The van der Waals surface area contributed by atoms with Gasteiger partial charge in [0.25, 0.3) is 0 Å². The Morgan fingerprint density at radius 3 is 2.24 bits per heavy atom. The molecule has 0 spiro atoms. The molecule has 0 saturated carbocycles. The van der Waals surface area contributed by atoms with Crippen LogP contribution in [0.15, 0.2) is 40.9 Å². The van der Waals surface area contributed by atoms with Crippen molar-refractivity contribution in [1.29, 1.82) is 0 Å². The molecule has 1 N–H and O–H groups in total. The topological polar surface area (TPSA) is 30.5 Å². The third-order valence-corrected chi connectivity index (χ3v) is 4.32. The molecule has 0 aromatic heterocycles. The van der Waals surface area contributed by atoms with Crippen molar-refractivity contribution in [2.45, 2.75) is 6.04 Å². The van der Waals surface area contributed by atoms with Crippen LogP contribution in [-0.2, 0) is 0 Å². The maximum absolute atomic E-state index is 5.96. The van der Waals surface area contributed by atoms with E-state index in [1.807, 2.05) is 43.4 Å². The van der Waals surface area contributed by atoms with Gasteiger partial charge in [0.15, 0.2) is 0 Å². The van der Waals surface area contributed by atoms with Gasteiger partial charge in [-0.3, -0.25) is 0 Å². The van der Waals surface area contributed by atoms with Gasteiger partial charge >= 0.3 is 0 Å². The molecule has 2 aromatic carbocycles. The molecule has 21 heavy (non-hydrogen) atoms. The van der Waals surface area contributed by atoms with E-state index in [1.165, 1.54) is 0 Å². The number of hydrogen-bond acceptors (Lipinski definition) is 3. The van der Waals surface area contributed by atoms with E-state index in [4.69, 9.17) is 21.1 Å². The molecule has 0 saturated heterocycles. The quantitative estimate of drug-likeness (QED) is 0.844. The second-order valence-electron chi connectivity index (χ2n) is 4.48. The minimum absolute atomic E-state index is 0.000534. The lowest BCUT2D eigenvalue weighted by atomic mass is 9.98. The minimum atomic E-state index is -0.000534. The molecule has 0 radical (unpaired) electrons. The van der Waals surface area contributed by atoms with Crippen molar-refractivity contribution in [3.63, 3.8) is 0 Å². The van der Waals surface area contributed by atoms with E-state index in [2.05, 4.69) is 21.2 Å². The van der Waals surface area contributed by atoms with E-state index in [9.17, 15) is 0 Å². The first-order valence-corrected chi connectivity index (χ1v) is 7.62. The molecule has 5 heteroatoms. The van der Waals surface area contributed by atoms with E-state index in [0.717, 1.165) is 32.1 Å².